The number of anilines is 1. The van der Waals surface area contributed by atoms with Crippen LogP contribution in [0.5, 0.6) is 0 Å². The molecule has 3 N–H and O–H groups in total. The molecule has 1 aromatic heterocycles. The molecule has 7 heteroatoms. The first-order valence-corrected chi connectivity index (χ1v) is 4.65. The Hall–Kier alpha value is -1.24. The van der Waals surface area contributed by atoms with Crippen molar-refractivity contribution in [3.63, 3.8) is 0 Å². The first-order valence-electron chi connectivity index (χ1n) is 4.65. The van der Waals surface area contributed by atoms with Gasteiger partial charge in [-0.25, -0.2) is 4.68 Å². The van der Waals surface area contributed by atoms with Gasteiger partial charge in [-0.05, 0) is 6.42 Å². The summed E-state index contributed by atoms with van der Waals surface area (Å²) < 4.78 is 39.0. The van der Waals surface area contributed by atoms with E-state index in [-0.39, 0.29) is 12.1 Å². The molecule has 0 aromatic carbocycles. The Morgan fingerprint density at radius 2 is 2.20 bits per heavy atom. The lowest BCUT2D eigenvalue weighted by Crippen LogP contribution is -2.18. The first kappa shape index (κ1) is 10.3. The largest absolute Gasteiger partial charge is 0.435 e. The number of aryl methyl sites for hydroxylation is 1. The highest BCUT2D eigenvalue weighted by Gasteiger charge is 2.39. The molecule has 1 aliphatic heterocycles. The minimum absolute atomic E-state index is 0.0576. The molecule has 15 heavy (non-hydrogen) atoms. The van der Waals surface area contributed by atoms with Crippen LogP contribution in [0.4, 0.5) is 19.0 Å². The minimum Gasteiger partial charge on any atom is -0.370 e. The standard InChI is InChI=1S/C8H11F3N4/c9-8(10,11)6-5(4-12)7-13-2-1-3-15(7)14-6/h13H,1-4,12H2. The van der Waals surface area contributed by atoms with E-state index in [1.165, 1.54) is 4.68 Å². The van der Waals surface area contributed by atoms with E-state index < -0.39 is 11.9 Å². The molecular weight excluding hydrogens is 209 g/mol. The maximum Gasteiger partial charge on any atom is 0.435 e. The van der Waals surface area contributed by atoms with Gasteiger partial charge in [0.15, 0.2) is 5.69 Å². The molecule has 4 nitrogen and oxygen atoms in total. The zero-order chi connectivity index (χ0) is 11.1. The number of nitrogens with zero attached hydrogens (tertiary/aromatic N) is 2. The number of rotatable bonds is 1. The third-order valence-electron chi connectivity index (χ3n) is 2.36. The normalized spacial score (nSPS) is 16.0. The Balaban J connectivity index is 2.51. The van der Waals surface area contributed by atoms with Crippen molar-refractivity contribution in [2.45, 2.75) is 25.7 Å². The van der Waals surface area contributed by atoms with Crippen LogP contribution in [0.25, 0.3) is 0 Å². The van der Waals surface area contributed by atoms with Gasteiger partial charge >= 0.3 is 6.18 Å². The summed E-state index contributed by atoms with van der Waals surface area (Å²) in [5.74, 6) is 0.413. The average molecular weight is 220 g/mol. The molecule has 0 bridgehead atoms. The summed E-state index contributed by atoms with van der Waals surface area (Å²) in [6, 6.07) is 0. The summed E-state index contributed by atoms with van der Waals surface area (Å²) >= 11 is 0. The fourth-order valence-electron chi connectivity index (χ4n) is 1.72. The lowest BCUT2D eigenvalue weighted by molar-refractivity contribution is -0.142. The highest BCUT2D eigenvalue weighted by Crippen LogP contribution is 2.35. The van der Waals surface area contributed by atoms with Crippen molar-refractivity contribution in [2.24, 2.45) is 5.73 Å². The van der Waals surface area contributed by atoms with Gasteiger partial charge in [0.2, 0.25) is 0 Å². The van der Waals surface area contributed by atoms with E-state index in [9.17, 15) is 13.2 Å². The van der Waals surface area contributed by atoms with Crippen molar-refractivity contribution in [3.05, 3.63) is 11.3 Å². The van der Waals surface area contributed by atoms with Crippen LogP contribution in [0.2, 0.25) is 0 Å². The van der Waals surface area contributed by atoms with Gasteiger partial charge in [0, 0.05) is 25.2 Å². The molecule has 2 heterocycles. The lowest BCUT2D eigenvalue weighted by Gasteiger charge is -2.16. The molecule has 0 saturated carbocycles. The summed E-state index contributed by atoms with van der Waals surface area (Å²) in [5.41, 5.74) is 4.51. The number of nitrogens with two attached hydrogens (primary N) is 1. The zero-order valence-electron chi connectivity index (χ0n) is 7.93. The molecule has 1 aliphatic rings. The van der Waals surface area contributed by atoms with Crippen LogP contribution < -0.4 is 11.1 Å². The number of fused-ring (bicyclic) bond motifs is 1. The Bertz CT molecular complexity index is 369. The summed E-state index contributed by atoms with van der Waals surface area (Å²) in [6.07, 6.45) is -3.66. The molecule has 0 amide bonds. The number of alkyl halides is 3. The Kier molecular flexibility index (Phi) is 2.34. The van der Waals surface area contributed by atoms with Crippen LogP contribution in [0.3, 0.4) is 0 Å². The van der Waals surface area contributed by atoms with Crippen LogP contribution in [0, 0.1) is 0 Å². The van der Waals surface area contributed by atoms with Crippen molar-refractivity contribution >= 4 is 5.82 Å². The van der Waals surface area contributed by atoms with Gasteiger partial charge in [-0.3, -0.25) is 0 Å². The second-order valence-corrected chi connectivity index (χ2v) is 3.38. The van der Waals surface area contributed by atoms with E-state index in [2.05, 4.69) is 10.4 Å². The third kappa shape index (κ3) is 1.67. The van der Waals surface area contributed by atoms with Crippen LogP contribution in [-0.4, -0.2) is 16.3 Å². The van der Waals surface area contributed by atoms with E-state index in [1.54, 1.807) is 0 Å². The second-order valence-electron chi connectivity index (χ2n) is 3.38. The minimum atomic E-state index is -4.43. The lowest BCUT2D eigenvalue weighted by atomic mass is 10.2. The van der Waals surface area contributed by atoms with Crippen LogP contribution in [-0.2, 0) is 19.3 Å². The van der Waals surface area contributed by atoms with Gasteiger partial charge in [-0.1, -0.05) is 0 Å². The second kappa shape index (κ2) is 3.41. The maximum absolute atomic E-state index is 12.6. The predicted molar refractivity (Wildman–Crippen MR) is 48.2 cm³/mol. The topological polar surface area (TPSA) is 55.9 Å². The van der Waals surface area contributed by atoms with E-state index >= 15 is 0 Å². The molecule has 0 unspecified atom stereocenters. The van der Waals surface area contributed by atoms with E-state index in [1.807, 2.05) is 0 Å². The SMILES string of the molecule is NCc1c(C(F)(F)F)nn2c1NCCC2. The smallest absolute Gasteiger partial charge is 0.370 e. The molecule has 0 radical (unpaired) electrons. The molecular formula is C8H11F3N4. The summed E-state index contributed by atoms with van der Waals surface area (Å²) in [5, 5.41) is 6.44. The van der Waals surface area contributed by atoms with Crippen molar-refractivity contribution < 1.29 is 13.2 Å². The Morgan fingerprint density at radius 1 is 1.47 bits per heavy atom. The van der Waals surface area contributed by atoms with Crippen molar-refractivity contribution in [3.8, 4) is 0 Å². The van der Waals surface area contributed by atoms with Gasteiger partial charge < -0.3 is 11.1 Å². The molecule has 0 fully saturated rings. The van der Waals surface area contributed by atoms with Gasteiger partial charge in [-0.2, -0.15) is 18.3 Å². The molecule has 1 aromatic rings. The molecule has 2 rings (SSSR count). The molecule has 0 saturated heterocycles. The number of aromatic nitrogens is 2. The molecule has 84 valence electrons. The first-order chi connectivity index (χ1) is 7.04. The number of hydrogen-bond acceptors (Lipinski definition) is 3. The van der Waals surface area contributed by atoms with Crippen molar-refractivity contribution in [1.29, 1.82) is 0 Å². The zero-order valence-corrected chi connectivity index (χ0v) is 7.93. The summed E-state index contributed by atoms with van der Waals surface area (Å²) in [6.45, 7) is 1.01. The number of hydrogen-bond donors (Lipinski definition) is 2. The summed E-state index contributed by atoms with van der Waals surface area (Å²) in [7, 11) is 0. The van der Waals surface area contributed by atoms with E-state index in [4.69, 9.17) is 5.73 Å². The monoisotopic (exact) mass is 220 g/mol. The van der Waals surface area contributed by atoms with Gasteiger partial charge in [0.05, 0.1) is 0 Å². The van der Waals surface area contributed by atoms with Crippen LogP contribution >= 0.6 is 0 Å². The average Bonchev–Trinajstić information content (AvgIpc) is 2.55. The Morgan fingerprint density at radius 3 is 2.80 bits per heavy atom. The maximum atomic E-state index is 12.6. The summed E-state index contributed by atoms with van der Waals surface area (Å²) in [4.78, 5) is 0. The van der Waals surface area contributed by atoms with Crippen LogP contribution in [0.15, 0.2) is 0 Å². The van der Waals surface area contributed by atoms with Crippen molar-refractivity contribution in [1.82, 2.24) is 9.78 Å². The highest BCUT2D eigenvalue weighted by molar-refractivity contribution is 5.49. The van der Waals surface area contributed by atoms with Gasteiger partial charge in [0.25, 0.3) is 0 Å². The van der Waals surface area contributed by atoms with Crippen molar-refractivity contribution in [2.75, 3.05) is 11.9 Å². The highest BCUT2D eigenvalue weighted by atomic mass is 19.4. The van der Waals surface area contributed by atoms with Crippen LogP contribution in [0.1, 0.15) is 17.7 Å². The molecule has 0 atom stereocenters. The molecule has 0 spiro atoms. The molecule has 0 aliphatic carbocycles. The number of nitrogens with one attached hydrogen (secondary N) is 1. The fraction of sp³-hybridized carbons (Fsp3) is 0.625. The third-order valence-corrected chi connectivity index (χ3v) is 2.36. The Labute approximate surface area is 84.2 Å². The van der Waals surface area contributed by atoms with E-state index in [0.717, 1.165) is 6.42 Å². The fourth-order valence-corrected chi connectivity index (χ4v) is 1.72. The predicted octanol–water partition coefficient (Wildman–Crippen LogP) is 1.18. The number of halogens is 3. The van der Waals surface area contributed by atoms with Gasteiger partial charge in [-0.15, -0.1) is 0 Å². The van der Waals surface area contributed by atoms with E-state index in [0.29, 0.717) is 18.9 Å². The quantitative estimate of drug-likeness (QED) is 0.747. The van der Waals surface area contributed by atoms with Gasteiger partial charge in [0.1, 0.15) is 5.82 Å².